The summed E-state index contributed by atoms with van der Waals surface area (Å²) in [5.41, 5.74) is 2.56. The van der Waals surface area contributed by atoms with Crippen molar-refractivity contribution in [1.82, 2.24) is 14.7 Å². The second kappa shape index (κ2) is 7.23. The van der Waals surface area contributed by atoms with Crippen LogP contribution in [0.2, 0.25) is 0 Å². The molecule has 0 radical (unpaired) electrons. The van der Waals surface area contributed by atoms with Crippen LogP contribution >= 0.6 is 0 Å². The van der Waals surface area contributed by atoms with Crippen molar-refractivity contribution in [3.05, 3.63) is 59.4 Å². The van der Waals surface area contributed by atoms with Gasteiger partial charge in [-0.15, -0.1) is 0 Å². The van der Waals surface area contributed by atoms with Crippen molar-refractivity contribution >= 4 is 12.0 Å². The topological polar surface area (TPSA) is 58.4 Å². The van der Waals surface area contributed by atoms with Crippen LogP contribution in [0, 0.1) is 6.92 Å². The fraction of sp³-hybridized carbons (Fsp3) is 0.400. The molecule has 1 fully saturated rings. The van der Waals surface area contributed by atoms with Crippen molar-refractivity contribution in [3.63, 3.8) is 0 Å². The number of aromatic nitrogens is 2. The van der Waals surface area contributed by atoms with Crippen LogP contribution in [0.25, 0.3) is 6.08 Å². The van der Waals surface area contributed by atoms with E-state index in [9.17, 15) is 9.90 Å². The highest BCUT2D eigenvalue weighted by atomic mass is 16.4. The molecule has 0 amide bonds. The van der Waals surface area contributed by atoms with E-state index in [1.165, 1.54) is 11.1 Å². The van der Waals surface area contributed by atoms with E-state index in [2.05, 4.69) is 35.1 Å². The van der Waals surface area contributed by atoms with Crippen LogP contribution in [0.15, 0.2) is 48.3 Å². The molecule has 1 saturated heterocycles. The standard InChI is InChI=1S/C20H25N3O2/c1-16(12-18-6-4-3-5-7-18)14-22-10-8-20(9-11-22,19(24)25)23-15-17(2)13-21-23/h3-7,12-13,15H,8-11,14H2,1-2H3,(H,24,25)/b16-12+. The normalized spacial score (nSPS) is 18.2. The quantitative estimate of drug-likeness (QED) is 0.909. The Hall–Kier alpha value is -2.40. The molecule has 1 aliphatic heterocycles. The molecule has 0 spiro atoms. The first-order valence-corrected chi connectivity index (χ1v) is 8.69. The summed E-state index contributed by atoms with van der Waals surface area (Å²) >= 11 is 0. The molecule has 1 aliphatic rings. The largest absolute Gasteiger partial charge is 0.479 e. The van der Waals surface area contributed by atoms with Gasteiger partial charge >= 0.3 is 5.97 Å². The zero-order chi connectivity index (χ0) is 17.9. The molecule has 1 aromatic carbocycles. The van der Waals surface area contributed by atoms with Gasteiger partial charge in [-0.1, -0.05) is 42.0 Å². The third-order valence-corrected chi connectivity index (χ3v) is 4.92. The summed E-state index contributed by atoms with van der Waals surface area (Å²) in [6, 6.07) is 10.3. The molecular weight excluding hydrogens is 314 g/mol. The number of likely N-dealkylation sites (tertiary alicyclic amines) is 1. The van der Waals surface area contributed by atoms with Gasteiger partial charge in [0, 0.05) is 25.8 Å². The van der Waals surface area contributed by atoms with Gasteiger partial charge in [0.1, 0.15) is 0 Å². The molecule has 0 atom stereocenters. The van der Waals surface area contributed by atoms with Crippen LogP contribution in [0.4, 0.5) is 0 Å². The van der Waals surface area contributed by atoms with Crippen LogP contribution in [0.5, 0.6) is 0 Å². The third-order valence-electron chi connectivity index (χ3n) is 4.92. The van der Waals surface area contributed by atoms with Crippen LogP contribution in [0.3, 0.4) is 0 Å². The maximum absolute atomic E-state index is 12.0. The van der Waals surface area contributed by atoms with Crippen molar-refractivity contribution in [2.45, 2.75) is 32.2 Å². The number of aryl methyl sites for hydroxylation is 1. The Balaban J connectivity index is 1.66. The number of benzene rings is 1. The van der Waals surface area contributed by atoms with Crippen molar-refractivity contribution in [2.75, 3.05) is 19.6 Å². The van der Waals surface area contributed by atoms with Crippen LogP contribution in [-0.2, 0) is 10.3 Å². The molecule has 0 unspecified atom stereocenters. The SMILES string of the molecule is C/C(=C\c1ccccc1)CN1CCC(C(=O)O)(n2cc(C)cn2)CC1. The third kappa shape index (κ3) is 3.82. The van der Waals surface area contributed by atoms with Crippen molar-refractivity contribution in [3.8, 4) is 0 Å². The van der Waals surface area contributed by atoms with Crippen LogP contribution in [0.1, 0.15) is 30.9 Å². The van der Waals surface area contributed by atoms with E-state index in [-0.39, 0.29) is 0 Å². The molecule has 1 N–H and O–H groups in total. The summed E-state index contributed by atoms with van der Waals surface area (Å²) < 4.78 is 1.65. The molecule has 2 aromatic rings. The molecule has 5 nitrogen and oxygen atoms in total. The minimum absolute atomic E-state index is 0.571. The summed E-state index contributed by atoms with van der Waals surface area (Å²) in [6.07, 6.45) is 6.90. The Morgan fingerprint density at radius 3 is 2.52 bits per heavy atom. The molecule has 0 bridgehead atoms. The number of hydrogen-bond donors (Lipinski definition) is 1. The molecule has 132 valence electrons. The maximum Gasteiger partial charge on any atom is 0.331 e. The number of nitrogens with zero attached hydrogens (tertiary/aromatic N) is 3. The monoisotopic (exact) mass is 339 g/mol. The minimum atomic E-state index is -0.915. The Kier molecular flexibility index (Phi) is 5.04. The zero-order valence-electron chi connectivity index (χ0n) is 14.9. The summed E-state index contributed by atoms with van der Waals surface area (Å²) in [5.74, 6) is -0.785. The van der Waals surface area contributed by atoms with Gasteiger partial charge in [0.2, 0.25) is 0 Å². The van der Waals surface area contributed by atoms with E-state index < -0.39 is 11.5 Å². The maximum atomic E-state index is 12.0. The molecule has 5 heteroatoms. The fourth-order valence-electron chi connectivity index (χ4n) is 3.50. The van der Waals surface area contributed by atoms with Crippen LogP contribution in [-0.4, -0.2) is 45.4 Å². The number of aliphatic carboxylic acids is 1. The number of carboxylic acid groups (broad SMARTS) is 1. The zero-order valence-corrected chi connectivity index (χ0v) is 14.9. The highest BCUT2D eigenvalue weighted by Gasteiger charge is 2.44. The highest BCUT2D eigenvalue weighted by Crippen LogP contribution is 2.30. The molecule has 25 heavy (non-hydrogen) atoms. The van der Waals surface area contributed by atoms with E-state index in [0.717, 1.165) is 25.2 Å². The lowest BCUT2D eigenvalue weighted by atomic mass is 9.87. The number of rotatable bonds is 5. The number of piperidine rings is 1. The first kappa shape index (κ1) is 17.4. The summed E-state index contributed by atoms with van der Waals surface area (Å²) in [7, 11) is 0. The van der Waals surface area contributed by atoms with E-state index in [0.29, 0.717) is 12.8 Å². The predicted molar refractivity (Wildman–Crippen MR) is 98.3 cm³/mol. The lowest BCUT2D eigenvalue weighted by Gasteiger charge is -2.39. The van der Waals surface area contributed by atoms with E-state index in [4.69, 9.17) is 0 Å². The van der Waals surface area contributed by atoms with Gasteiger partial charge in [0.15, 0.2) is 5.54 Å². The molecule has 0 saturated carbocycles. The van der Waals surface area contributed by atoms with Crippen LogP contribution < -0.4 is 0 Å². The van der Waals surface area contributed by atoms with E-state index in [1.807, 2.05) is 31.3 Å². The Bertz CT molecular complexity index is 756. The fourth-order valence-corrected chi connectivity index (χ4v) is 3.50. The van der Waals surface area contributed by atoms with Crippen molar-refractivity contribution in [2.24, 2.45) is 0 Å². The second-order valence-corrected chi connectivity index (χ2v) is 6.98. The van der Waals surface area contributed by atoms with E-state index >= 15 is 0 Å². The first-order chi connectivity index (χ1) is 12.0. The number of carboxylic acids is 1. The Morgan fingerprint density at radius 1 is 1.28 bits per heavy atom. The highest BCUT2D eigenvalue weighted by molar-refractivity contribution is 5.76. The number of carbonyl (C=O) groups is 1. The molecule has 1 aromatic heterocycles. The van der Waals surface area contributed by atoms with Gasteiger partial charge in [-0.05, 0) is 37.8 Å². The van der Waals surface area contributed by atoms with Gasteiger partial charge in [-0.2, -0.15) is 5.10 Å². The lowest BCUT2D eigenvalue weighted by Crippen LogP contribution is -2.51. The average molecular weight is 339 g/mol. The van der Waals surface area contributed by atoms with Crippen molar-refractivity contribution in [1.29, 1.82) is 0 Å². The van der Waals surface area contributed by atoms with Crippen molar-refractivity contribution < 1.29 is 9.90 Å². The number of hydrogen-bond acceptors (Lipinski definition) is 3. The lowest BCUT2D eigenvalue weighted by molar-refractivity contribution is -0.151. The average Bonchev–Trinajstić information content (AvgIpc) is 3.03. The Morgan fingerprint density at radius 2 is 1.96 bits per heavy atom. The Labute approximate surface area is 148 Å². The van der Waals surface area contributed by atoms with Gasteiger partial charge in [0.25, 0.3) is 0 Å². The molecule has 2 heterocycles. The van der Waals surface area contributed by atoms with Gasteiger partial charge in [0.05, 0.1) is 6.20 Å². The molecule has 0 aliphatic carbocycles. The summed E-state index contributed by atoms with van der Waals surface area (Å²) in [6.45, 7) is 6.44. The van der Waals surface area contributed by atoms with E-state index in [1.54, 1.807) is 10.9 Å². The molecule has 3 rings (SSSR count). The van der Waals surface area contributed by atoms with Gasteiger partial charge in [-0.25, -0.2) is 4.79 Å². The smallest absolute Gasteiger partial charge is 0.331 e. The predicted octanol–water partition coefficient (Wildman–Crippen LogP) is 3.17. The van der Waals surface area contributed by atoms with Gasteiger partial charge < -0.3 is 5.11 Å². The summed E-state index contributed by atoms with van der Waals surface area (Å²) in [4.78, 5) is 14.3. The summed E-state index contributed by atoms with van der Waals surface area (Å²) in [5, 5.41) is 14.1. The minimum Gasteiger partial charge on any atom is -0.479 e. The second-order valence-electron chi connectivity index (χ2n) is 6.98. The first-order valence-electron chi connectivity index (χ1n) is 8.69. The van der Waals surface area contributed by atoms with Gasteiger partial charge in [-0.3, -0.25) is 9.58 Å². The molecular formula is C20H25N3O2.